The predicted octanol–water partition coefficient (Wildman–Crippen LogP) is -14.6. The van der Waals surface area contributed by atoms with Crippen LogP contribution in [-0.4, -0.2) is 0 Å². The second-order valence-electron chi connectivity index (χ2n) is 0.894. The van der Waals surface area contributed by atoms with Gasteiger partial charge in [0.2, 0.25) is 0 Å². The van der Waals surface area contributed by atoms with Gasteiger partial charge in [0.05, 0.1) is 0 Å². The van der Waals surface area contributed by atoms with Crippen LogP contribution in [0.4, 0.5) is 0 Å². The molecule has 0 bridgehead atoms. The van der Waals surface area contributed by atoms with Gasteiger partial charge in [0, 0.05) is 0 Å². The van der Waals surface area contributed by atoms with Gasteiger partial charge in [-0.15, -0.1) is 0 Å². The van der Waals surface area contributed by atoms with Crippen molar-refractivity contribution >= 4 is 15.6 Å². The van der Waals surface area contributed by atoms with E-state index in [1.165, 1.54) is 0 Å². The van der Waals surface area contributed by atoms with Crippen LogP contribution in [0.15, 0.2) is 0 Å². The molecule has 0 aromatic heterocycles. The molecular weight excluding hydrogens is 416 g/mol. The summed E-state index contributed by atoms with van der Waals surface area (Å²) in [6.45, 7) is 0. The summed E-state index contributed by atoms with van der Waals surface area (Å²) >= 11 is 0. The topological polar surface area (TPSA) is 172 Å². The molecular formula is GdNa3O8P2. The fraction of sp³-hybridized carbons (Fsp3) is 0. The van der Waals surface area contributed by atoms with E-state index in [1.54, 1.807) is 0 Å². The van der Waals surface area contributed by atoms with E-state index in [9.17, 15) is 0 Å². The average molecular weight is 416 g/mol. The second kappa shape index (κ2) is 17.5. The minimum Gasteiger partial charge on any atom is -0.822 e. The van der Waals surface area contributed by atoms with Crippen LogP contribution in [-0.2, 0) is 9.13 Å². The number of hydrogen-bond acceptors (Lipinski definition) is 8. The molecule has 0 fully saturated rings. The van der Waals surface area contributed by atoms with E-state index in [1.807, 2.05) is 0 Å². The molecule has 0 N–H and O–H groups in total. The van der Waals surface area contributed by atoms with Gasteiger partial charge in [-0.05, 0) is 0 Å². The van der Waals surface area contributed by atoms with E-state index >= 15 is 0 Å². The van der Waals surface area contributed by atoms with Gasteiger partial charge in [-0.1, -0.05) is 0 Å². The van der Waals surface area contributed by atoms with Crippen molar-refractivity contribution in [2.45, 2.75) is 0 Å². The van der Waals surface area contributed by atoms with Crippen molar-refractivity contribution in [2.24, 2.45) is 0 Å². The van der Waals surface area contributed by atoms with E-state index in [0.29, 0.717) is 0 Å². The summed E-state index contributed by atoms with van der Waals surface area (Å²) in [6, 6.07) is 0. The normalized spacial score (nSPS) is 8.43. The molecule has 69 valence electrons. The van der Waals surface area contributed by atoms with Crippen LogP contribution in [0.5, 0.6) is 0 Å². The first-order valence-corrected chi connectivity index (χ1v) is 4.38. The van der Waals surface area contributed by atoms with Gasteiger partial charge >= 0.3 is 129 Å². The summed E-state index contributed by atoms with van der Waals surface area (Å²) in [7, 11) is -10.8. The number of hydrogen-bond donors (Lipinski definition) is 0. The standard InChI is InChI=1S/Gd.3Na.2H3O4P/c;;;;2*1-5(2,3)4/h;;;;2*(H3,1,2,3,4)/q+3;3*+1;;/p-6. The monoisotopic (exact) mass is 417 g/mol. The Hall–Kier alpha value is 4.54. The molecule has 0 heterocycles. The molecule has 0 spiro atoms. The van der Waals surface area contributed by atoms with E-state index in [0.717, 1.165) is 0 Å². The van der Waals surface area contributed by atoms with Crippen molar-refractivity contribution in [3.63, 3.8) is 0 Å². The smallest absolute Gasteiger partial charge is 0.822 e. The molecule has 0 aliphatic rings. The van der Waals surface area contributed by atoms with Gasteiger partial charge in [0.25, 0.3) is 0 Å². The zero-order chi connectivity index (χ0) is 9.00. The Morgan fingerprint density at radius 2 is 0.571 bits per heavy atom. The van der Waals surface area contributed by atoms with E-state index in [2.05, 4.69) is 0 Å². The Balaban J connectivity index is -0.0000000178. The zero-order valence-corrected chi connectivity index (χ0v) is 17.6. The maximum Gasteiger partial charge on any atom is 3.00 e. The number of rotatable bonds is 0. The maximum atomic E-state index is 8.55. The molecule has 14 heavy (non-hydrogen) atoms. The second-order valence-corrected chi connectivity index (χ2v) is 2.68. The molecule has 0 rings (SSSR count). The zero-order valence-electron chi connectivity index (χ0n) is 7.51. The van der Waals surface area contributed by atoms with Crippen molar-refractivity contribution < 1.29 is 167 Å². The summed E-state index contributed by atoms with van der Waals surface area (Å²) in [5.74, 6) is 0. The third-order valence-electron chi connectivity index (χ3n) is 0. The first kappa shape index (κ1) is 36.3. The first-order chi connectivity index (χ1) is 4.00. The molecule has 0 saturated carbocycles. The Morgan fingerprint density at radius 1 is 0.571 bits per heavy atom. The summed E-state index contributed by atoms with van der Waals surface area (Å²) in [4.78, 5) is 51.3. The maximum absolute atomic E-state index is 8.55. The van der Waals surface area contributed by atoms with Gasteiger partial charge in [0.15, 0.2) is 0 Å². The van der Waals surface area contributed by atoms with E-state index in [4.69, 9.17) is 38.5 Å². The largest absolute Gasteiger partial charge is 3.00 e. The Kier molecular flexibility index (Phi) is 45.5. The first-order valence-electron chi connectivity index (χ1n) is 1.46. The molecule has 0 aromatic carbocycles. The molecule has 0 atom stereocenters. The van der Waals surface area contributed by atoms with Crippen LogP contribution >= 0.6 is 15.6 Å². The summed E-state index contributed by atoms with van der Waals surface area (Å²) < 4.78 is 17.1. The quantitative estimate of drug-likeness (QED) is 0.277. The van der Waals surface area contributed by atoms with Gasteiger partial charge < -0.3 is 38.5 Å². The Bertz CT molecular complexity index is 135. The Labute approximate surface area is 179 Å². The van der Waals surface area contributed by atoms with E-state index < -0.39 is 15.6 Å². The molecule has 0 saturated heterocycles. The molecule has 1 radical (unpaired) electrons. The van der Waals surface area contributed by atoms with Crippen LogP contribution in [0.3, 0.4) is 0 Å². The fourth-order valence-corrected chi connectivity index (χ4v) is 0. The Morgan fingerprint density at radius 3 is 0.571 bits per heavy atom. The van der Waals surface area contributed by atoms with E-state index in [-0.39, 0.29) is 129 Å². The summed E-state index contributed by atoms with van der Waals surface area (Å²) in [5, 5.41) is 0. The predicted molar refractivity (Wildman–Crippen MR) is 15.2 cm³/mol. The minimum absolute atomic E-state index is 0. The summed E-state index contributed by atoms with van der Waals surface area (Å²) in [5.41, 5.74) is 0. The van der Waals surface area contributed by atoms with Gasteiger partial charge in [-0.3, -0.25) is 0 Å². The van der Waals surface area contributed by atoms with Crippen molar-refractivity contribution in [3.05, 3.63) is 0 Å². The van der Waals surface area contributed by atoms with Crippen LogP contribution < -0.4 is 118 Å². The summed E-state index contributed by atoms with van der Waals surface area (Å²) in [6.07, 6.45) is 0. The van der Waals surface area contributed by atoms with Crippen LogP contribution in [0.25, 0.3) is 0 Å². The molecule has 14 heteroatoms. The minimum atomic E-state index is -5.39. The third kappa shape index (κ3) is 194. The molecule has 0 aliphatic heterocycles. The van der Waals surface area contributed by atoms with Gasteiger partial charge in [-0.25, -0.2) is 0 Å². The van der Waals surface area contributed by atoms with Crippen molar-refractivity contribution in [1.82, 2.24) is 0 Å². The SMILES string of the molecule is O=P([O-])([O-])[O-].O=P([O-])([O-])[O-].[Gd+3].[Na+].[Na+].[Na+]. The van der Waals surface area contributed by atoms with Gasteiger partial charge in [0.1, 0.15) is 0 Å². The molecule has 0 unspecified atom stereocenters. The van der Waals surface area contributed by atoms with Crippen molar-refractivity contribution in [1.29, 1.82) is 0 Å². The van der Waals surface area contributed by atoms with Gasteiger partial charge in [-0.2, -0.15) is 15.6 Å². The fourth-order valence-electron chi connectivity index (χ4n) is 0. The molecule has 0 amide bonds. The van der Waals surface area contributed by atoms with Crippen molar-refractivity contribution in [2.75, 3.05) is 0 Å². The van der Waals surface area contributed by atoms with Crippen LogP contribution in [0.2, 0.25) is 0 Å². The molecule has 8 nitrogen and oxygen atoms in total. The van der Waals surface area contributed by atoms with Crippen molar-refractivity contribution in [3.8, 4) is 0 Å². The van der Waals surface area contributed by atoms with Crippen LogP contribution in [0.1, 0.15) is 0 Å². The average Bonchev–Trinajstić information content (AvgIpc) is 1.12. The third-order valence-corrected chi connectivity index (χ3v) is 0. The molecule has 0 aromatic rings. The number of phosphoric acid groups is 2. The van der Waals surface area contributed by atoms with Crippen LogP contribution in [0, 0.1) is 39.9 Å². The molecule has 0 aliphatic carbocycles.